The minimum absolute atomic E-state index is 0.0614. The third-order valence-electron chi connectivity index (χ3n) is 2.63. The molecule has 0 aromatic rings. The molecule has 1 rings (SSSR count). The number of carboxylic acids is 1. The molecule has 0 bridgehead atoms. The molecular weight excluding hydrogens is 278 g/mol. The molecule has 0 saturated carbocycles. The summed E-state index contributed by atoms with van der Waals surface area (Å²) in [6.07, 6.45) is 0.558. The number of carbonyl (C=O) groups is 2. The van der Waals surface area contributed by atoms with E-state index in [0.29, 0.717) is 6.42 Å². The highest BCUT2D eigenvalue weighted by Crippen LogP contribution is 2.24. The third kappa shape index (κ3) is 4.49. The fraction of sp³-hybridized carbons (Fsp3) is 0.800. The Hall–Kier alpha value is -0.760. The van der Waals surface area contributed by atoms with Crippen LogP contribution in [0.4, 0.5) is 0 Å². The van der Waals surface area contributed by atoms with Crippen molar-refractivity contribution in [2.75, 3.05) is 17.3 Å². The monoisotopic (exact) mass is 295 g/mol. The van der Waals surface area contributed by atoms with E-state index in [0.717, 1.165) is 0 Å². The van der Waals surface area contributed by atoms with Crippen molar-refractivity contribution in [3.63, 3.8) is 0 Å². The highest BCUT2D eigenvalue weighted by molar-refractivity contribution is 8.02. The molecule has 0 aliphatic carbocycles. The summed E-state index contributed by atoms with van der Waals surface area (Å²) in [6, 6.07) is 0. The van der Waals surface area contributed by atoms with Gasteiger partial charge in [-0.25, -0.2) is 13.2 Å². The minimum Gasteiger partial charge on any atom is -0.480 e. The van der Waals surface area contributed by atoms with Crippen LogP contribution in [0, 0.1) is 0 Å². The molecular formula is C10H17NO5S2. The Labute approximate surface area is 110 Å². The second kappa shape index (κ2) is 5.48. The molecule has 1 atom stereocenters. The number of aliphatic carboxylic acids is 1. The molecule has 18 heavy (non-hydrogen) atoms. The van der Waals surface area contributed by atoms with E-state index in [1.807, 2.05) is 0 Å². The van der Waals surface area contributed by atoms with Crippen LogP contribution in [0.1, 0.15) is 20.3 Å². The maximum absolute atomic E-state index is 11.5. The number of carbonyl (C=O) groups excluding carboxylic acids is 1. The van der Waals surface area contributed by atoms with Crippen LogP contribution in [0.5, 0.6) is 0 Å². The van der Waals surface area contributed by atoms with Gasteiger partial charge in [0, 0.05) is 5.25 Å². The Morgan fingerprint density at radius 3 is 2.50 bits per heavy atom. The molecule has 1 aliphatic rings. The highest BCUT2D eigenvalue weighted by atomic mass is 32.2. The molecule has 6 nitrogen and oxygen atoms in total. The first kappa shape index (κ1) is 15.3. The van der Waals surface area contributed by atoms with Gasteiger partial charge in [0.05, 0.1) is 17.3 Å². The van der Waals surface area contributed by atoms with Gasteiger partial charge >= 0.3 is 5.97 Å². The van der Waals surface area contributed by atoms with Crippen LogP contribution in [0.15, 0.2) is 0 Å². The molecule has 1 heterocycles. The predicted octanol–water partition coefficient (Wildman–Crippen LogP) is -0.114. The zero-order valence-corrected chi connectivity index (χ0v) is 11.9. The van der Waals surface area contributed by atoms with Crippen LogP contribution in [-0.4, -0.2) is 53.4 Å². The van der Waals surface area contributed by atoms with Crippen LogP contribution in [-0.2, 0) is 19.4 Å². The summed E-state index contributed by atoms with van der Waals surface area (Å²) >= 11 is 1.26. The van der Waals surface area contributed by atoms with E-state index >= 15 is 0 Å². The van der Waals surface area contributed by atoms with Gasteiger partial charge in [-0.1, -0.05) is 0 Å². The molecule has 1 amide bonds. The van der Waals surface area contributed by atoms with Crippen molar-refractivity contribution in [3.8, 4) is 0 Å². The van der Waals surface area contributed by atoms with E-state index in [-0.39, 0.29) is 22.5 Å². The number of hydrogen-bond donors (Lipinski definition) is 2. The van der Waals surface area contributed by atoms with Crippen molar-refractivity contribution >= 4 is 33.5 Å². The molecule has 1 saturated heterocycles. The average Bonchev–Trinajstić information content (AvgIpc) is 2.54. The fourth-order valence-electron chi connectivity index (χ4n) is 1.52. The molecule has 104 valence electrons. The molecule has 0 aromatic carbocycles. The van der Waals surface area contributed by atoms with E-state index in [4.69, 9.17) is 5.11 Å². The van der Waals surface area contributed by atoms with Gasteiger partial charge in [-0.3, -0.25) is 4.79 Å². The number of rotatable bonds is 5. The lowest BCUT2D eigenvalue weighted by molar-refractivity contribution is -0.145. The molecule has 0 spiro atoms. The summed E-state index contributed by atoms with van der Waals surface area (Å²) in [6.45, 7) is 2.80. The van der Waals surface area contributed by atoms with Gasteiger partial charge in [0.1, 0.15) is 5.54 Å². The maximum atomic E-state index is 11.5. The first-order valence-corrected chi connectivity index (χ1v) is 8.36. The molecule has 1 fully saturated rings. The topological polar surface area (TPSA) is 101 Å². The molecule has 1 unspecified atom stereocenters. The summed E-state index contributed by atoms with van der Waals surface area (Å²) in [5, 5.41) is 11.2. The number of carboxylic acid groups (broad SMARTS) is 1. The van der Waals surface area contributed by atoms with Crippen molar-refractivity contribution in [2.45, 2.75) is 31.1 Å². The number of hydrogen-bond acceptors (Lipinski definition) is 5. The van der Waals surface area contributed by atoms with E-state index in [9.17, 15) is 18.0 Å². The number of nitrogens with one attached hydrogen (secondary N) is 1. The normalized spacial score (nSPS) is 22.7. The lowest BCUT2D eigenvalue weighted by Gasteiger charge is -2.21. The zero-order valence-electron chi connectivity index (χ0n) is 10.3. The number of amides is 1. The lowest BCUT2D eigenvalue weighted by Crippen LogP contribution is -2.50. The molecule has 1 aliphatic heterocycles. The molecule has 0 radical (unpaired) electrons. The smallest absolute Gasteiger partial charge is 0.328 e. The van der Waals surface area contributed by atoms with E-state index < -0.39 is 27.3 Å². The van der Waals surface area contributed by atoms with Crippen LogP contribution >= 0.6 is 11.8 Å². The summed E-state index contributed by atoms with van der Waals surface area (Å²) in [7, 11) is -2.94. The van der Waals surface area contributed by atoms with Crippen molar-refractivity contribution in [1.29, 1.82) is 0 Å². The van der Waals surface area contributed by atoms with Crippen LogP contribution in [0.3, 0.4) is 0 Å². The van der Waals surface area contributed by atoms with Gasteiger partial charge in [0.2, 0.25) is 5.91 Å². The third-order valence-corrected chi connectivity index (χ3v) is 5.91. The quantitative estimate of drug-likeness (QED) is 0.734. The second-order valence-corrected chi connectivity index (χ2v) is 8.33. The maximum Gasteiger partial charge on any atom is 0.328 e. The molecule has 0 aromatic heterocycles. The van der Waals surface area contributed by atoms with Gasteiger partial charge in [-0.2, -0.15) is 0 Å². The zero-order chi connectivity index (χ0) is 14.0. The SMILES string of the molecule is CC(C)(NC(=O)CSC1CCS(=O)(=O)C1)C(=O)O. The fourth-order valence-corrected chi connectivity index (χ4v) is 4.97. The van der Waals surface area contributed by atoms with Gasteiger partial charge in [-0.15, -0.1) is 11.8 Å². The first-order chi connectivity index (χ1) is 8.12. The van der Waals surface area contributed by atoms with E-state index in [1.165, 1.54) is 25.6 Å². The van der Waals surface area contributed by atoms with Gasteiger partial charge in [0.25, 0.3) is 0 Å². The van der Waals surface area contributed by atoms with Crippen LogP contribution in [0.25, 0.3) is 0 Å². The van der Waals surface area contributed by atoms with Crippen LogP contribution in [0.2, 0.25) is 0 Å². The molecule has 2 N–H and O–H groups in total. The number of thioether (sulfide) groups is 1. The predicted molar refractivity (Wildman–Crippen MR) is 69.4 cm³/mol. The van der Waals surface area contributed by atoms with Crippen molar-refractivity contribution in [2.24, 2.45) is 0 Å². The van der Waals surface area contributed by atoms with E-state index in [1.54, 1.807) is 0 Å². The highest BCUT2D eigenvalue weighted by Gasteiger charge is 2.31. The summed E-state index contributed by atoms with van der Waals surface area (Å²) in [5.41, 5.74) is -1.31. The van der Waals surface area contributed by atoms with Gasteiger partial charge < -0.3 is 10.4 Å². The van der Waals surface area contributed by atoms with Gasteiger partial charge in [-0.05, 0) is 20.3 Å². The Morgan fingerprint density at radius 1 is 1.44 bits per heavy atom. The minimum atomic E-state index is -2.94. The van der Waals surface area contributed by atoms with E-state index in [2.05, 4.69) is 5.32 Å². The largest absolute Gasteiger partial charge is 0.480 e. The van der Waals surface area contributed by atoms with Crippen molar-refractivity contribution < 1.29 is 23.1 Å². The Kier molecular flexibility index (Phi) is 4.66. The average molecular weight is 295 g/mol. The molecule has 8 heteroatoms. The summed E-state index contributed by atoms with van der Waals surface area (Å²) in [4.78, 5) is 22.3. The lowest BCUT2D eigenvalue weighted by atomic mass is 10.1. The van der Waals surface area contributed by atoms with Crippen molar-refractivity contribution in [1.82, 2.24) is 5.32 Å². The van der Waals surface area contributed by atoms with Gasteiger partial charge in [0.15, 0.2) is 9.84 Å². The van der Waals surface area contributed by atoms with Crippen molar-refractivity contribution in [3.05, 3.63) is 0 Å². The Morgan fingerprint density at radius 2 is 2.06 bits per heavy atom. The first-order valence-electron chi connectivity index (χ1n) is 5.49. The number of sulfone groups is 1. The Balaban J connectivity index is 2.37. The Bertz CT molecular complexity index is 443. The second-order valence-electron chi connectivity index (χ2n) is 4.81. The van der Waals surface area contributed by atoms with Crippen LogP contribution < -0.4 is 5.32 Å². The summed E-state index contributed by atoms with van der Waals surface area (Å²) in [5.74, 6) is -1.14. The standard InChI is InChI=1S/C10H17NO5S2/c1-10(2,9(13)14)11-8(12)5-17-7-3-4-18(15,16)6-7/h7H,3-6H2,1-2H3,(H,11,12)(H,13,14). The summed E-state index contributed by atoms with van der Waals surface area (Å²) < 4.78 is 22.4.